The maximum Gasteiger partial charge on any atom is -0.00747 e. The first-order chi connectivity index (χ1) is 5.46. The molecule has 0 aliphatic rings. The molecule has 76 valence electrons. The Labute approximate surface area is 95.1 Å². The van der Waals surface area contributed by atoms with Crippen LogP contribution < -0.4 is 0 Å². The van der Waals surface area contributed by atoms with Gasteiger partial charge in [-0.05, 0) is 27.9 Å². The van der Waals surface area contributed by atoms with Gasteiger partial charge in [0.2, 0.25) is 0 Å². The maximum atomic E-state index is 2.95. The molecule has 10 heteroatoms. The van der Waals surface area contributed by atoms with Crippen LogP contribution in [0.1, 0.15) is 13.8 Å². The Balaban J connectivity index is 0. The van der Waals surface area contributed by atoms with Crippen LogP contribution in [0.15, 0.2) is 0 Å². The number of hydrogen-bond acceptors (Lipinski definition) is 0. The lowest BCUT2D eigenvalue weighted by Gasteiger charge is -2.27. The molecule has 0 nitrogen and oxygen atoms in total. The molecular formula is C2H18P10. The van der Waals surface area contributed by atoms with Crippen molar-refractivity contribution in [2.24, 2.45) is 0 Å². The van der Waals surface area contributed by atoms with E-state index in [9.17, 15) is 0 Å². The second kappa shape index (κ2) is 11.8. The quantitative estimate of drug-likeness (QED) is 0.514. The first-order valence-corrected chi connectivity index (χ1v) is 20.3. The van der Waals surface area contributed by atoms with Crippen LogP contribution in [-0.4, -0.2) is 0 Å². The highest BCUT2D eigenvalue weighted by molar-refractivity contribution is 9.16. The minimum Gasteiger partial charge on any atom is -0.102 e. The van der Waals surface area contributed by atoms with Crippen LogP contribution in [0.4, 0.5) is 0 Å². The molecule has 0 radical (unpaired) electrons. The fraction of sp³-hybridized carbons (Fsp3) is 1.00. The molecule has 0 aliphatic heterocycles. The lowest BCUT2D eigenvalue weighted by Crippen LogP contribution is -1.37. The molecule has 0 amide bonds. The average molecular weight is 352 g/mol. The van der Waals surface area contributed by atoms with Gasteiger partial charge in [0.1, 0.15) is 0 Å². The minimum absolute atomic E-state index is 0.130. The SMILES string of the molecule is CC.PP(P)P(P(P)P)P(P)P. The van der Waals surface area contributed by atoms with Gasteiger partial charge in [-0.15, -0.1) is 53.6 Å². The second-order valence-electron chi connectivity index (χ2n) is 1.41. The second-order valence-corrected chi connectivity index (χ2v) is 38.0. The summed E-state index contributed by atoms with van der Waals surface area (Å²) in [6.45, 7) is 4.62. The van der Waals surface area contributed by atoms with Gasteiger partial charge in [-0.1, -0.05) is 13.8 Å². The zero-order valence-electron chi connectivity index (χ0n) is 7.25. The third kappa shape index (κ3) is 9.52. The van der Waals surface area contributed by atoms with Crippen molar-refractivity contribution >= 4 is 81.5 Å². The average Bonchev–Trinajstić information content (AvgIpc) is 1.88. The third-order valence-corrected chi connectivity index (χ3v) is 50.2. The van der Waals surface area contributed by atoms with Crippen LogP contribution in [0, 0.1) is 0 Å². The largest absolute Gasteiger partial charge is 0.102 e. The number of rotatable bonds is 3. The van der Waals surface area contributed by atoms with E-state index in [1.807, 2.05) is 13.8 Å². The summed E-state index contributed by atoms with van der Waals surface area (Å²) in [7, 11) is 17.7. The van der Waals surface area contributed by atoms with E-state index in [0.29, 0.717) is 0 Å². The molecule has 0 fully saturated rings. The maximum absolute atomic E-state index is 2.95. The summed E-state index contributed by atoms with van der Waals surface area (Å²) in [5.74, 6) is 0. The zero-order chi connectivity index (χ0) is 10.3. The topological polar surface area (TPSA) is 0 Å². The Morgan fingerprint density at radius 2 is 0.750 bits per heavy atom. The van der Waals surface area contributed by atoms with Gasteiger partial charge in [-0.2, -0.15) is 0 Å². The molecule has 0 saturated heterocycles. The van der Waals surface area contributed by atoms with Gasteiger partial charge in [0.15, 0.2) is 0 Å². The first kappa shape index (κ1) is 18.7. The van der Waals surface area contributed by atoms with Crippen LogP contribution >= 0.6 is 81.5 Å². The highest BCUT2D eigenvalue weighted by atomic mass is 33.2. The van der Waals surface area contributed by atoms with E-state index in [-0.39, 0.29) is 27.9 Å². The van der Waals surface area contributed by atoms with E-state index in [4.69, 9.17) is 0 Å². The van der Waals surface area contributed by atoms with Crippen LogP contribution in [0.3, 0.4) is 0 Å². The molecule has 0 saturated carbocycles. The van der Waals surface area contributed by atoms with Gasteiger partial charge >= 0.3 is 0 Å². The van der Waals surface area contributed by atoms with Crippen molar-refractivity contribution in [2.45, 2.75) is 13.8 Å². The summed E-state index contributed by atoms with van der Waals surface area (Å²) in [6, 6.07) is 0. The van der Waals surface area contributed by atoms with Crippen LogP contribution in [0.25, 0.3) is 0 Å². The molecule has 6 unspecified atom stereocenters. The summed E-state index contributed by atoms with van der Waals surface area (Å²) < 4.78 is 0. The Bertz CT molecular complexity index is 68.8. The van der Waals surface area contributed by atoms with Crippen molar-refractivity contribution in [2.75, 3.05) is 0 Å². The smallest absolute Gasteiger partial charge is 0.00747 e. The molecule has 12 heavy (non-hydrogen) atoms. The lowest BCUT2D eigenvalue weighted by atomic mass is 11.0. The highest BCUT2D eigenvalue weighted by Gasteiger charge is 2.20. The Morgan fingerprint density at radius 3 is 0.750 bits per heavy atom. The zero-order valence-corrected chi connectivity index (χ0v) is 17.8. The Hall–Kier alpha value is 4.30. The van der Waals surface area contributed by atoms with Gasteiger partial charge in [0.25, 0.3) is 0 Å². The predicted octanol–water partition coefficient (Wildman–Crippen LogP) is 6.43. The van der Waals surface area contributed by atoms with Gasteiger partial charge in [0, 0.05) is 0 Å². The molecule has 0 spiro atoms. The summed E-state index contributed by atoms with van der Waals surface area (Å²) >= 11 is 0. The lowest BCUT2D eigenvalue weighted by molar-refractivity contribution is 1.50. The van der Waals surface area contributed by atoms with Crippen LogP contribution in [0.2, 0.25) is 0 Å². The fourth-order valence-corrected chi connectivity index (χ4v) is 86.9. The van der Waals surface area contributed by atoms with Gasteiger partial charge < -0.3 is 0 Å². The summed E-state index contributed by atoms with van der Waals surface area (Å²) in [5.41, 5.74) is 0. The summed E-state index contributed by atoms with van der Waals surface area (Å²) in [6.07, 6.45) is 0. The third-order valence-electron chi connectivity index (χ3n) is 0.620. The molecule has 0 heterocycles. The summed E-state index contributed by atoms with van der Waals surface area (Å²) in [4.78, 5) is 0. The molecule has 0 aromatic rings. The van der Waals surface area contributed by atoms with Gasteiger partial charge in [0.05, 0.1) is 0 Å². The van der Waals surface area contributed by atoms with Crippen molar-refractivity contribution in [3.63, 3.8) is 0 Å². The van der Waals surface area contributed by atoms with Crippen molar-refractivity contribution in [3.8, 4) is 0 Å². The first-order valence-electron chi connectivity index (χ1n) is 3.15. The van der Waals surface area contributed by atoms with Crippen LogP contribution in [-0.2, 0) is 0 Å². The molecule has 0 aliphatic carbocycles. The molecule has 0 aromatic carbocycles. The van der Waals surface area contributed by atoms with E-state index < -0.39 is 0 Å². The van der Waals surface area contributed by atoms with Crippen molar-refractivity contribution in [1.29, 1.82) is 0 Å². The fourth-order valence-electron chi connectivity index (χ4n) is 0.358. The van der Waals surface area contributed by atoms with E-state index >= 15 is 0 Å². The predicted molar refractivity (Wildman–Crippen MR) is 97.3 cm³/mol. The van der Waals surface area contributed by atoms with Crippen molar-refractivity contribution < 1.29 is 0 Å². The van der Waals surface area contributed by atoms with E-state index in [1.165, 1.54) is 0 Å². The normalized spacial score (nSPS) is 11.0. The van der Waals surface area contributed by atoms with E-state index in [1.54, 1.807) is 0 Å². The molecular weight excluding hydrogens is 334 g/mol. The van der Waals surface area contributed by atoms with E-state index in [0.717, 1.165) is 0 Å². The van der Waals surface area contributed by atoms with Crippen molar-refractivity contribution in [3.05, 3.63) is 0 Å². The van der Waals surface area contributed by atoms with Crippen LogP contribution in [0.5, 0.6) is 0 Å². The van der Waals surface area contributed by atoms with Gasteiger partial charge in [-0.3, -0.25) is 0 Å². The Kier molecular flexibility index (Phi) is 18.3. The highest BCUT2D eigenvalue weighted by Crippen LogP contribution is 3.10. The monoisotopic (exact) mass is 352 g/mol. The van der Waals surface area contributed by atoms with Crippen molar-refractivity contribution in [1.82, 2.24) is 0 Å². The number of hydrogen-bond donors (Lipinski definition) is 0. The molecule has 0 N–H and O–H groups in total. The minimum atomic E-state index is 0.130. The molecule has 0 bridgehead atoms. The van der Waals surface area contributed by atoms with Gasteiger partial charge in [-0.25, -0.2) is 0 Å². The summed E-state index contributed by atoms with van der Waals surface area (Å²) in [5, 5.41) is 0. The molecule has 6 atom stereocenters. The standard InChI is InChI=1S/C2H6.H12P10/c1-2;1-7(2)10(8(3)4)9(5)6/h1-2H3;1-6H2. The Morgan fingerprint density at radius 1 is 0.583 bits per heavy atom. The molecule has 0 aromatic heterocycles. The van der Waals surface area contributed by atoms with E-state index in [2.05, 4.69) is 53.6 Å². The molecule has 0 rings (SSSR count).